The zero-order valence-electron chi connectivity index (χ0n) is 13.6. The van der Waals surface area contributed by atoms with Gasteiger partial charge in [-0.05, 0) is 63.3 Å². The number of nitrogens with zero attached hydrogens (tertiary/aromatic N) is 1. The second-order valence-corrected chi connectivity index (χ2v) is 7.52. The van der Waals surface area contributed by atoms with Crippen molar-refractivity contribution in [3.05, 3.63) is 34.3 Å². The van der Waals surface area contributed by atoms with Crippen LogP contribution < -0.4 is 5.73 Å². The maximum absolute atomic E-state index is 6.32. The Bertz CT molecular complexity index is 439. The van der Waals surface area contributed by atoms with Gasteiger partial charge < -0.3 is 5.73 Å². The standard InChI is InChI=1S/C18H29BrN2/c1-4-14-8-10-17(11-9-14)21(3)18(13(2)20)15-6-5-7-16(19)12-15/h5-7,12-14,17-18H,4,8-11,20H2,1-3H3. The van der Waals surface area contributed by atoms with E-state index >= 15 is 0 Å². The lowest BCUT2D eigenvalue weighted by molar-refractivity contribution is 0.107. The Hall–Kier alpha value is -0.380. The highest BCUT2D eigenvalue weighted by molar-refractivity contribution is 9.10. The molecule has 2 atom stereocenters. The second-order valence-electron chi connectivity index (χ2n) is 6.61. The molecule has 118 valence electrons. The van der Waals surface area contributed by atoms with Gasteiger partial charge in [0.2, 0.25) is 0 Å². The van der Waals surface area contributed by atoms with Gasteiger partial charge in [0.1, 0.15) is 0 Å². The van der Waals surface area contributed by atoms with E-state index in [1.165, 1.54) is 37.7 Å². The van der Waals surface area contributed by atoms with Gasteiger partial charge >= 0.3 is 0 Å². The molecule has 1 aromatic rings. The van der Waals surface area contributed by atoms with E-state index in [4.69, 9.17) is 5.73 Å². The molecule has 2 N–H and O–H groups in total. The fraction of sp³-hybridized carbons (Fsp3) is 0.667. The monoisotopic (exact) mass is 352 g/mol. The first-order chi connectivity index (χ1) is 10.0. The molecule has 0 amide bonds. The van der Waals surface area contributed by atoms with E-state index in [0.29, 0.717) is 12.1 Å². The first-order valence-corrected chi connectivity index (χ1v) is 9.05. The first-order valence-electron chi connectivity index (χ1n) is 8.26. The Morgan fingerprint density at radius 3 is 2.48 bits per heavy atom. The molecular weight excluding hydrogens is 324 g/mol. The lowest BCUT2D eigenvalue weighted by Crippen LogP contribution is -2.44. The Morgan fingerprint density at radius 2 is 1.95 bits per heavy atom. The molecule has 21 heavy (non-hydrogen) atoms. The Balaban J connectivity index is 2.11. The smallest absolute Gasteiger partial charge is 0.0496 e. The molecule has 1 fully saturated rings. The summed E-state index contributed by atoms with van der Waals surface area (Å²) in [5.41, 5.74) is 7.64. The number of benzene rings is 1. The van der Waals surface area contributed by atoms with Gasteiger partial charge in [-0.2, -0.15) is 0 Å². The molecule has 0 radical (unpaired) electrons. The fourth-order valence-electron chi connectivity index (χ4n) is 3.79. The van der Waals surface area contributed by atoms with Crippen LogP contribution in [0.5, 0.6) is 0 Å². The van der Waals surface area contributed by atoms with Crippen LogP contribution in [0.4, 0.5) is 0 Å². The molecule has 2 unspecified atom stereocenters. The molecular formula is C18H29BrN2. The van der Waals surface area contributed by atoms with Crippen LogP contribution in [0.2, 0.25) is 0 Å². The predicted octanol–water partition coefficient (Wildman–Crippen LogP) is 4.74. The number of nitrogens with two attached hydrogens (primary N) is 1. The van der Waals surface area contributed by atoms with Crippen molar-refractivity contribution in [3.63, 3.8) is 0 Å². The van der Waals surface area contributed by atoms with Crippen molar-refractivity contribution in [1.82, 2.24) is 4.90 Å². The molecule has 1 saturated carbocycles. The van der Waals surface area contributed by atoms with Crippen molar-refractivity contribution in [2.24, 2.45) is 11.7 Å². The van der Waals surface area contributed by atoms with Gasteiger partial charge in [0.15, 0.2) is 0 Å². The fourth-order valence-corrected chi connectivity index (χ4v) is 4.20. The van der Waals surface area contributed by atoms with Crippen LogP contribution in [0.1, 0.15) is 57.6 Å². The van der Waals surface area contributed by atoms with Crippen molar-refractivity contribution in [3.8, 4) is 0 Å². The molecule has 1 aliphatic carbocycles. The van der Waals surface area contributed by atoms with Crippen molar-refractivity contribution in [1.29, 1.82) is 0 Å². The average Bonchev–Trinajstić information content (AvgIpc) is 2.47. The van der Waals surface area contributed by atoms with Crippen LogP contribution in [-0.4, -0.2) is 24.0 Å². The van der Waals surface area contributed by atoms with Crippen LogP contribution in [0.15, 0.2) is 28.7 Å². The van der Waals surface area contributed by atoms with Gasteiger partial charge in [0.25, 0.3) is 0 Å². The van der Waals surface area contributed by atoms with Crippen molar-refractivity contribution in [2.45, 2.75) is 64.1 Å². The normalized spacial score (nSPS) is 25.8. The Morgan fingerprint density at radius 1 is 1.29 bits per heavy atom. The number of halogens is 1. The van der Waals surface area contributed by atoms with E-state index in [-0.39, 0.29) is 6.04 Å². The molecule has 1 aliphatic rings. The van der Waals surface area contributed by atoms with Gasteiger partial charge in [0, 0.05) is 22.6 Å². The van der Waals surface area contributed by atoms with E-state index in [1.54, 1.807) is 0 Å². The largest absolute Gasteiger partial charge is 0.326 e. The summed E-state index contributed by atoms with van der Waals surface area (Å²) in [7, 11) is 2.26. The maximum atomic E-state index is 6.32. The van der Waals surface area contributed by atoms with E-state index in [0.717, 1.165) is 10.4 Å². The molecule has 0 aliphatic heterocycles. The van der Waals surface area contributed by atoms with Crippen molar-refractivity contribution in [2.75, 3.05) is 7.05 Å². The molecule has 0 spiro atoms. The van der Waals surface area contributed by atoms with Crippen LogP contribution in [0, 0.1) is 5.92 Å². The quantitative estimate of drug-likeness (QED) is 0.829. The third kappa shape index (κ3) is 4.30. The molecule has 2 rings (SSSR count). The lowest BCUT2D eigenvalue weighted by atomic mass is 9.83. The minimum Gasteiger partial charge on any atom is -0.326 e. The molecule has 0 aromatic heterocycles. The highest BCUT2D eigenvalue weighted by atomic mass is 79.9. The molecule has 0 heterocycles. The van der Waals surface area contributed by atoms with E-state index < -0.39 is 0 Å². The van der Waals surface area contributed by atoms with Crippen LogP contribution in [-0.2, 0) is 0 Å². The average molecular weight is 353 g/mol. The Labute approximate surface area is 138 Å². The minimum atomic E-state index is 0.133. The molecule has 0 saturated heterocycles. The third-order valence-corrected chi connectivity index (χ3v) is 5.59. The number of likely N-dealkylation sites (N-methyl/N-ethyl adjacent to an activating group) is 1. The zero-order chi connectivity index (χ0) is 15.4. The van der Waals surface area contributed by atoms with Gasteiger partial charge in [-0.3, -0.25) is 4.90 Å². The summed E-state index contributed by atoms with van der Waals surface area (Å²) in [5.74, 6) is 0.939. The maximum Gasteiger partial charge on any atom is 0.0496 e. The van der Waals surface area contributed by atoms with E-state index in [9.17, 15) is 0 Å². The number of hydrogen-bond donors (Lipinski definition) is 1. The minimum absolute atomic E-state index is 0.133. The van der Waals surface area contributed by atoms with Gasteiger partial charge in [-0.1, -0.05) is 41.4 Å². The summed E-state index contributed by atoms with van der Waals surface area (Å²) in [6.45, 7) is 4.45. The predicted molar refractivity (Wildman–Crippen MR) is 94.3 cm³/mol. The highest BCUT2D eigenvalue weighted by Crippen LogP contribution is 2.34. The summed E-state index contributed by atoms with van der Waals surface area (Å²) in [5, 5.41) is 0. The first kappa shape index (κ1) is 17.0. The van der Waals surface area contributed by atoms with Crippen LogP contribution in [0.3, 0.4) is 0 Å². The molecule has 2 nitrogen and oxygen atoms in total. The van der Waals surface area contributed by atoms with Crippen LogP contribution >= 0.6 is 15.9 Å². The second kappa shape index (κ2) is 7.75. The molecule has 0 bridgehead atoms. The van der Waals surface area contributed by atoms with Gasteiger partial charge in [-0.25, -0.2) is 0 Å². The van der Waals surface area contributed by atoms with Gasteiger partial charge in [0.05, 0.1) is 0 Å². The zero-order valence-corrected chi connectivity index (χ0v) is 15.1. The summed E-state index contributed by atoms with van der Waals surface area (Å²) in [6, 6.07) is 9.70. The molecule has 1 aromatic carbocycles. The third-order valence-electron chi connectivity index (χ3n) is 5.10. The summed E-state index contributed by atoms with van der Waals surface area (Å²) in [6.07, 6.45) is 6.70. The van der Waals surface area contributed by atoms with E-state index in [1.807, 2.05) is 0 Å². The SMILES string of the molecule is CCC1CCC(N(C)C(c2cccc(Br)c2)C(C)N)CC1. The van der Waals surface area contributed by atoms with E-state index in [2.05, 4.69) is 66.0 Å². The Kier molecular flexibility index (Phi) is 6.27. The van der Waals surface area contributed by atoms with Crippen LogP contribution in [0.25, 0.3) is 0 Å². The van der Waals surface area contributed by atoms with Gasteiger partial charge in [-0.15, -0.1) is 0 Å². The molecule has 3 heteroatoms. The number of hydrogen-bond acceptors (Lipinski definition) is 2. The summed E-state index contributed by atoms with van der Waals surface area (Å²) < 4.78 is 1.13. The lowest BCUT2D eigenvalue weighted by Gasteiger charge is -2.41. The summed E-state index contributed by atoms with van der Waals surface area (Å²) in [4.78, 5) is 2.53. The van der Waals surface area contributed by atoms with Crippen molar-refractivity contribution < 1.29 is 0 Å². The summed E-state index contributed by atoms with van der Waals surface area (Å²) >= 11 is 3.58. The topological polar surface area (TPSA) is 29.3 Å². The number of rotatable bonds is 5. The van der Waals surface area contributed by atoms with Crippen molar-refractivity contribution >= 4 is 15.9 Å². The highest BCUT2D eigenvalue weighted by Gasteiger charge is 2.30.